The Hall–Kier alpha value is -2.45. The molecule has 0 aliphatic carbocycles. The van der Waals surface area contributed by atoms with E-state index in [1.807, 2.05) is 18.2 Å². The van der Waals surface area contributed by atoms with Crippen molar-refractivity contribution >= 4 is 45.0 Å². The first-order valence-electron chi connectivity index (χ1n) is 8.13. The molecule has 7 nitrogen and oxygen atoms in total. The Kier molecular flexibility index (Phi) is 4.61. The van der Waals surface area contributed by atoms with Gasteiger partial charge in [0, 0.05) is 5.02 Å². The lowest BCUT2D eigenvalue weighted by Gasteiger charge is -2.21. The highest BCUT2D eigenvalue weighted by Gasteiger charge is 2.54. The fourth-order valence-electron chi connectivity index (χ4n) is 3.19. The fraction of sp³-hybridized carbons (Fsp3) is 0.222. The van der Waals surface area contributed by atoms with Crippen LogP contribution >= 0.6 is 27.5 Å². The van der Waals surface area contributed by atoms with E-state index in [1.165, 1.54) is 0 Å². The van der Waals surface area contributed by atoms with E-state index in [2.05, 4.69) is 26.3 Å². The van der Waals surface area contributed by atoms with Crippen LogP contribution in [0.15, 0.2) is 57.3 Å². The van der Waals surface area contributed by atoms with Crippen LogP contribution < -0.4 is 9.64 Å². The largest absolute Gasteiger partial charge is 0.496 e. The molecule has 2 atom stereocenters. The Morgan fingerprint density at radius 2 is 1.89 bits per heavy atom. The van der Waals surface area contributed by atoms with E-state index in [9.17, 15) is 9.59 Å². The minimum absolute atomic E-state index is 0.343. The van der Waals surface area contributed by atoms with Gasteiger partial charge in [0.15, 0.2) is 12.1 Å². The van der Waals surface area contributed by atoms with E-state index < -0.39 is 12.1 Å². The number of carbonyl (C=O) groups excluding carboxylic acids is 2. The molecule has 0 spiro atoms. The number of benzene rings is 2. The summed E-state index contributed by atoms with van der Waals surface area (Å²) in [7, 11) is 1.59. The van der Waals surface area contributed by atoms with Crippen LogP contribution in [0.2, 0.25) is 5.02 Å². The summed E-state index contributed by atoms with van der Waals surface area (Å²) >= 11 is 9.33. The van der Waals surface area contributed by atoms with Gasteiger partial charge >= 0.3 is 0 Å². The average molecular weight is 450 g/mol. The quantitative estimate of drug-likeness (QED) is 0.669. The first-order valence-corrected chi connectivity index (χ1v) is 9.30. The van der Waals surface area contributed by atoms with Crippen molar-refractivity contribution in [1.29, 1.82) is 0 Å². The zero-order valence-corrected chi connectivity index (χ0v) is 16.5. The summed E-state index contributed by atoms with van der Waals surface area (Å²) in [5.41, 5.74) is 1.39. The van der Waals surface area contributed by atoms with E-state index in [1.54, 1.807) is 36.4 Å². The number of rotatable bonds is 4. The van der Waals surface area contributed by atoms with Crippen molar-refractivity contribution in [3.8, 4) is 5.75 Å². The van der Waals surface area contributed by atoms with Gasteiger partial charge in [-0.15, -0.1) is 0 Å². The molecule has 2 aromatic rings. The molecule has 0 aromatic heterocycles. The lowest BCUT2D eigenvalue weighted by molar-refractivity contribution is -0.123. The summed E-state index contributed by atoms with van der Waals surface area (Å²) in [6, 6.07) is 10.6. The van der Waals surface area contributed by atoms with Gasteiger partial charge in [-0.05, 0) is 57.9 Å². The topological polar surface area (TPSA) is 74.6 Å². The number of hydrogen-bond donors (Lipinski definition) is 0. The Labute approximate surface area is 168 Å². The smallest absolute Gasteiger partial charge is 0.263 e. The second kappa shape index (κ2) is 6.94. The standard InChI is InChI=1S/C18H14BrClN4O3/c1-27-14-7-2-10(8-13(14)19)9-23-16-15(21-22-23)17(25)24(18(16)26)12-5-3-11(20)4-6-12/h2-8,15-16H,9H2,1H3/t15-,16-/m0/s1. The number of nitrogens with zero attached hydrogens (tertiary/aromatic N) is 4. The van der Waals surface area contributed by atoms with Crippen molar-refractivity contribution in [2.45, 2.75) is 18.6 Å². The van der Waals surface area contributed by atoms with Gasteiger partial charge in [0.05, 0.1) is 23.8 Å². The third kappa shape index (κ3) is 3.08. The second-order valence-electron chi connectivity index (χ2n) is 6.15. The van der Waals surface area contributed by atoms with Crippen LogP contribution in [0.3, 0.4) is 0 Å². The maximum Gasteiger partial charge on any atom is 0.263 e. The van der Waals surface area contributed by atoms with E-state index in [0.29, 0.717) is 23.0 Å². The Bertz CT molecular complexity index is 950. The minimum atomic E-state index is -0.824. The number of fused-ring (bicyclic) bond motifs is 1. The lowest BCUT2D eigenvalue weighted by atomic mass is 10.1. The summed E-state index contributed by atoms with van der Waals surface area (Å²) in [6.07, 6.45) is 0. The molecular weight excluding hydrogens is 436 g/mol. The maximum absolute atomic E-state index is 12.9. The molecule has 2 aliphatic heterocycles. The molecule has 2 aliphatic rings. The highest BCUT2D eigenvalue weighted by Crippen LogP contribution is 2.34. The van der Waals surface area contributed by atoms with E-state index in [4.69, 9.17) is 16.3 Å². The number of carbonyl (C=O) groups is 2. The molecule has 2 amide bonds. The van der Waals surface area contributed by atoms with Gasteiger partial charge in [0.2, 0.25) is 0 Å². The van der Waals surface area contributed by atoms with E-state index in [-0.39, 0.29) is 11.8 Å². The van der Waals surface area contributed by atoms with Crippen molar-refractivity contribution < 1.29 is 14.3 Å². The lowest BCUT2D eigenvalue weighted by Crippen LogP contribution is -2.39. The monoisotopic (exact) mass is 448 g/mol. The SMILES string of the molecule is COc1ccc(CN2N=N[C@@H]3C(=O)N(c4ccc(Cl)cc4)C(=O)[C@H]32)cc1Br. The van der Waals surface area contributed by atoms with Crippen molar-refractivity contribution in [3.63, 3.8) is 0 Å². The van der Waals surface area contributed by atoms with Crippen LogP contribution in [0.4, 0.5) is 5.69 Å². The van der Waals surface area contributed by atoms with Gasteiger partial charge in [0.1, 0.15) is 5.75 Å². The summed E-state index contributed by atoms with van der Waals surface area (Å²) in [4.78, 5) is 26.8. The number of amides is 2. The van der Waals surface area contributed by atoms with Crippen LogP contribution in [-0.2, 0) is 16.1 Å². The average Bonchev–Trinajstić information content (AvgIpc) is 3.17. The highest BCUT2D eigenvalue weighted by molar-refractivity contribution is 9.10. The predicted octanol–water partition coefficient (Wildman–Crippen LogP) is 3.60. The predicted molar refractivity (Wildman–Crippen MR) is 103 cm³/mol. The molecule has 27 heavy (non-hydrogen) atoms. The molecule has 0 bridgehead atoms. The van der Waals surface area contributed by atoms with Crippen LogP contribution in [0.1, 0.15) is 5.56 Å². The molecule has 2 aromatic carbocycles. The number of methoxy groups -OCH3 is 1. The second-order valence-corrected chi connectivity index (χ2v) is 7.44. The van der Waals surface area contributed by atoms with Crippen LogP contribution in [0.25, 0.3) is 0 Å². The highest BCUT2D eigenvalue weighted by atomic mass is 79.9. The van der Waals surface area contributed by atoms with Gasteiger partial charge in [-0.2, -0.15) is 5.11 Å². The van der Waals surface area contributed by atoms with E-state index >= 15 is 0 Å². The molecular formula is C18H14BrClN4O3. The molecule has 2 heterocycles. The Morgan fingerprint density at radius 1 is 1.15 bits per heavy atom. The van der Waals surface area contributed by atoms with Gasteiger partial charge in [-0.1, -0.05) is 22.9 Å². The van der Waals surface area contributed by atoms with Gasteiger partial charge in [-0.25, -0.2) is 4.90 Å². The van der Waals surface area contributed by atoms with Crippen LogP contribution in [0, 0.1) is 0 Å². The van der Waals surface area contributed by atoms with Crippen molar-refractivity contribution in [1.82, 2.24) is 5.01 Å². The number of imide groups is 1. The number of halogens is 2. The maximum atomic E-state index is 12.9. The number of anilines is 1. The summed E-state index contributed by atoms with van der Waals surface area (Å²) in [5, 5.41) is 10.2. The normalized spacial score (nSPS) is 21.1. The molecule has 0 unspecified atom stereocenters. The zero-order valence-electron chi connectivity index (χ0n) is 14.2. The van der Waals surface area contributed by atoms with Crippen molar-refractivity contribution in [2.75, 3.05) is 12.0 Å². The molecule has 1 saturated heterocycles. The number of ether oxygens (including phenoxy) is 1. The molecule has 4 rings (SSSR count). The van der Waals surface area contributed by atoms with Gasteiger partial charge < -0.3 is 4.74 Å². The summed E-state index contributed by atoms with van der Waals surface area (Å²) in [6.45, 7) is 0.348. The molecule has 0 radical (unpaired) electrons. The third-order valence-electron chi connectivity index (χ3n) is 4.50. The number of hydrogen-bond acceptors (Lipinski definition) is 6. The Morgan fingerprint density at radius 3 is 2.56 bits per heavy atom. The molecule has 9 heteroatoms. The first kappa shape index (κ1) is 17.9. The van der Waals surface area contributed by atoms with Gasteiger partial charge in [-0.3, -0.25) is 14.6 Å². The first-order chi connectivity index (χ1) is 13.0. The summed E-state index contributed by atoms with van der Waals surface area (Å²) in [5.74, 6) is -0.0138. The molecule has 1 fully saturated rings. The third-order valence-corrected chi connectivity index (χ3v) is 5.38. The molecule has 138 valence electrons. The molecule has 0 N–H and O–H groups in total. The Balaban J connectivity index is 1.58. The minimum Gasteiger partial charge on any atom is -0.496 e. The van der Waals surface area contributed by atoms with Crippen LogP contribution in [0.5, 0.6) is 5.75 Å². The van der Waals surface area contributed by atoms with Crippen molar-refractivity contribution in [2.24, 2.45) is 10.3 Å². The van der Waals surface area contributed by atoms with E-state index in [0.717, 1.165) is 14.9 Å². The zero-order chi connectivity index (χ0) is 19.1. The van der Waals surface area contributed by atoms with Crippen molar-refractivity contribution in [3.05, 3.63) is 57.5 Å². The fourth-order valence-corrected chi connectivity index (χ4v) is 3.91. The van der Waals surface area contributed by atoms with Crippen LogP contribution in [-0.4, -0.2) is 36.0 Å². The van der Waals surface area contributed by atoms with Gasteiger partial charge in [0.25, 0.3) is 11.8 Å². The molecule has 0 saturated carbocycles. The summed E-state index contributed by atoms with van der Waals surface area (Å²) < 4.78 is 6.02.